The summed E-state index contributed by atoms with van der Waals surface area (Å²) in [6, 6.07) is 1.26. The molecule has 0 saturated carbocycles. The highest BCUT2D eigenvalue weighted by Crippen LogP contribution is 2.21. The minimum absolute atomic E-state index is 0.606. The first-order valence-electron chi connectivity index (χ1n) is 7.11. The van der Waals surface area contributed by atoms with E-state index >= 15 is 0 Å². The molecule has 1 fully saturated rings. The summed E-state index contributed by atoms with van der Waals surface area (Å²) in [4.78, 5) is 2.50. The zero-order valence-corrected chi connectivity index (χ0v) is 12.1. The molecule has 0 bridgehead atoms. The average molecular weight is 250 g/mol. The fourth-order valence-electron chi connectivity index (χ4n) is 2.80. The van der Waals surface area contributed by atoms with E-state index in [4.69, 9.17) is 0 Å². The summed E-state index contributed by atoms with van der Waals surface area (Å²) in [5.41, 5.74) is 2.45. The van der Waals surface area contributed by atoms with E-state index < -0.39 is 0 Å². The van der Waals surface area contributed by atoms with Gasteiger partial charge in [0.25, 0.3) is 0 Å². The zero-order valence-electron chi connectivity index (χ0n) is 12.1. The molecule has 1 aromatic rings. The van der Waals surface area contributed by atoms with Crippen LogP contribution in [-0.4, -0.2) is 35.0 Å². The molecule has 18 heavy (non-hydrogen) atoms. The second-order valence-electron chi connectivity index (χ2n) is 5.51. The van der Waals surface area contributed by atoms with Gasteiger partial charge in [-0.05, 0) is 33.1 Å². The van der Waals surface area contributed by atoms with E-state index in [-0.39, 0.29) is 0 Å². The van der Waals surface area contributed by atoms with Crippen molar-refractivity contribution >= 4 is 5.69 Å². The highest BCUT2D eigenvalue weighted by molar-refractivity contribution is 5.48. The number of hydrogen-bond donors (Lipinski definition) is 1. The Hall–Kier alpha value is -1.03. The predicted octanol–water partition coefficient (Wildman–Crippen LogP) is 2.09. The van der Waals surface area contributed by atoms with Gasteiger partial charge in [0.1, 0.15) is 0 Å². The number of nitrogens with zero attached hydrogens (tertiary/aromatic N) is 3. The Kier molecular flexibility index (Phi) is 4.27. The van der Waals surface area contributed by atoms with Gasteiger partial charge in [0.05, 0.1) is 11.4 Å². The van der Waals surface area contributed by atoms with Crippen molar-refractivity contribution in [1.29, 1.82) is 0 Å². The van der Waals surface area contributed by atoms with Gasteiger partial charge in [0.15, 0.2) is 0 Å². The minimum Gasteiger partial charge on any atom is -0.369 e. The first kappa shape index (κ1) is 13.4. The third kappa shape index (κ3) is 3.05. The van der Waals surface area contributed by atoms with Crippen LogP contribution in [0, 0.1) is 6.92 Å². The lowest BCUT2D eigenvalue weighted by Crippen LogP contribution is -2.44. The first-order chi connectivity index (χ1) is 8.60. The number of hydrogen-bond acceptors (Lipinski definition) is 3. The molecule has 1 aliphatic heterocycles. The van der Waals surface area contributed by atoms with Gasteiger partial charge in [0, 0.05) is 38.4 Å². The van der Waals surface area contributed by atoms with E-state index in [0.29, 0.717) is 12.1 Å². The van der Waals surface area contributed by atoms with Gasteiger partial charge in [-0.2, -0.15) is 5.10 Å². The number of nitrogens with one attached hydrogen (secondary N) is 1. The Labute approximate surface area is 110 Å². The van der Waals surface area contributed by atoms with Crippen LogP contribution in [0.5, 0.6) is 0 Å². The molecule has 1 aliphatic rings. The van der Waals surface area contributed by atoms with Crippen molar-refractivity contribution in [3.05, 3.63) is 11.9 Å². The molecule has 1 N–H and O–H groups in total. The van der Waals surface area contributed by atoms with Gasteiger partial charge in [-0.1, -0.05) is 6.92 Å². The average Bonchev–Trinajstić information content (AvgIpc) is 2.63. The van der Waals surface area contributed by atoms with E-state index in [1.165, 1.54) is 24.9 Å². The summed E-state index contributed by atoms with van der Waals surface area (Å²) in [6.07, 6.45) is 5.78. The van der Waals surface area contributed by atoms with Crippen LogP contribution in [0.2, 0.25) is 0 Å². The van der Waals surface area contributed by atoms with Crippen LogP contribution in [0.3, 0.4) is 0 Å². The quantitative estimate of drug-likeness (QED) is 0.872. The first-order valence-corrected chi connectivity index (χ1v) is 7.11. The second kappa shape index (κ2) is 5.74. The van der Waals surface area contributed by atoms with Crippen LogP contribution < -0.4 is 10.2 Å². The molecule has 2 atom stereocenters. The van der Waals surface area contributed by atoms with Gasteiger partial charge in [0.2, 0.25) is 0 Å². The predicted molar refractivity (Wildman–Crippen MR) is 76.1 cm³/mol. The molecule has 2 heterocycles. The normalized spacial score (nSPS) is 25.9. The Morgan fingerprint density at radius 1 is 1.39 bits per heavy atom. The van der Waals surface area contributed by atoms with E-state index in [9.17, 15) is 0 Å². The third-order valence-electron chi connectivity index (χ3n) is 3.92. The highest BCUT2D eigenvalue weighted by atomic mass is 15.3. The van der Waals surface area contributed by atoms with Crippen molar-refractivity contribution in [2.75, 3.05) is 18.0 Å². The van der Waals surface area contributed by atoms with Crippen LogP contribution in [-0.2, 0) is 7.05 Å². The topological polar surface area (TPSA) is 33.1 Å². The highest BCUT2D eigenvalue weighted by Gasteiger charge is 2.19. The summed E-state index contributed by atoms with van der Waals surface area (Å²) < 4.78 is 1.92. The summed E-state index contributed by atoms with van der Waals surface area (Å²) in [7, 11) is 2.00. The Morgan fingerprint density at radius 2 is 2.11 bits per heavy atom. The molecule has 4 nitrogen and oxygen atoms in total. The van der Waals surface area contributed by atoms with Gasteiger partial charge in [-0.25, -0.2) is 0 Å². The molecule has 102 valence electrons. The molecular formula is C14H26N4. The fourth-order valence-corrected chi connectivity index (χ4v) is 2.80. The standard InChI is InChI=1S/C14H26N4/c1-5-13-7-9-18(8-6-11(2)15-13)14-10-17(4)16-12(14)3/h10-11,13,15H,5-9H2,1-4H3. The van der Waals surface area contributed by atoms with Crippen molar-refractivity contribution in [2.24, 2.45) is 7.05 Å². The molecule has 1 aromatic heterocycles. The number of aryl methyl sites for hydroxylation is 2. The molecule has 0 radical (unpaired) electrons. The van der Waals surface area contributed by atoms with E-state index in [1.54, 1.807) is 0 Å². The molecule has 0 aromatic carbocycles. The summed E-state index contributed by atoms with van der Waals surface area (Å²) in [5, 5.41) is 8.17. The molecule has 2 unspecified atom stereocenters. The molecule has 0 amide bonds. The third-order valence-corrected chi connectivity index (χ3v) is 3.92. The lowest BCUT2D eigenvalue weighted by atomic mass is 10.1. The number of aromatic nitrogens is 2. The maximum absolute atomic E-state index is 4.46. The molecule has 2 rings (SSSR count). The maximum atomic E-state index is 4.46. The van der Waals surface area contributed by atoms with Gasteiger partial charge in [-0.3, -0.25) is 4.68 Å². The lowest BCUT2D eigenvalue weighted by Gasteiger charge is -2.32. The minimum atomic E-state index is 0.606. The van der Waals surface area contributed by atoms with Crippen LogP contribution in [0.1, 0.15) is 38.8 Å². The molecule has 0 aliphatic carbocycles. The van der Waals surface area contributed by atoms with Crippen LogP contribution in [0.15, 0.2) is 6.20 Å². The van der Waals surface area contributed by atoms with Crippen molar-refractivity contribution in [2.45, 2.75) is 52.1 Å². The van der Waals surface area contributed by atoms with Crippen LogP contribution in [0.4, 0.5) is 5.69 Å². The zero-order chi connectivity index (χ0) is 13.1. The van der Waals surface area contributed by atoms with Gasteiger partial charge >= 0.3 is 0 Å². The molecular weight excluding hydrogens is 224 g/mol. The summed E-state index contributed by atoms with van der Waals surface area (Å²) in [5.74, 6) is 0. The van der Waals surface area contributed by atoms with Crippen LogP contribution >= 0.6 is 0 Å². The van der Waals surface area contributed by atoms with Crippen molar-refractivity contribution in [3.8, 4) is 0 Å². The van der Waals surface area contributed by atoms with Crippen molar-refractivity contribution < 1.29 is 0 Å². The van der Waals surface area contributed by atoms with Gasteiger partial charge < -0.3 is 10.2 Å². The molecule has 4 heteroatoms. The van der Waals surface area contributed by atoms with E-state index in [2.05, 4.69) is 42.3 Å². The Morgan fingerprint density at radius 3 is 2.72 bits per heavy atom. The fraction of sp³-hybridized carbons (Fsp3) is 0.786. The van der Waals surface area contributed by atoms with Crippen molar-refractivity contribution in [1.82, 2.24) is 15.1 Å². The number of rotatable bonds is 2. The molecule has 1 saturated heterocycles. The smallest absolute Gasteiger partial charge is 0.0827 e. The van der Waals surface area contributed by atoms with Crippen LogP contribution in [0.25, 0.3) is 0 Å². The monoisotopic (exact) mass is 250 g/mol. The maximum Gasteiger partial charge on any atom is 0.0827 e. The van der Waals surface area contributed by atoms with Gasteiger partial charge in [-0.15, -0.1) is 0 Å². The number of anilines is 1. The summed E-state index contributed by atoms with van der Waals surface area (Å²) in [6.45, 7) is 8.92. The largest absolute Gasteiger partial charge is 0.369 e. The molecule has 0 spiro atoms. The lowest BCUT2D eigenvalue weighted by molar-refractivity contribution is 0.378. The van der Waals surface area contributed by atoms with Crippen molar-refractivity contribution in [3.63, 3.8) is 0 Å². The van der Waals surface area contributed by atoms with E-state index in [1.807, 2.05) is 11.7 Å². The Bertz CT molecular complexity index is 385. The Balaban J connectivity index is 2.10. The summed E-state index contributed by atoms with van der Waals surface area (Å²) >= 11 is 0. The van der Waals surface area contributed by atoms with E-state index in [0.717, 1.165) is 18.8 Å². The second-order valence-corrected chi connectivity index (χ2v) is 5.51. The SMILES string of the molecule is CCC1CCN(c2cn(C)nc2C)CCC(C)N1.